The van der Waals surface area contributed by atoms with E-state index in [0.29, 0.717) is 0 Å². The summed E-state index contributed by atoms with van der Waals surface area (Å²) in [5, 5.41) is 6.22. The number of imidazole rings is 1. The molecule has 7 nitrogen and oxygen atoms in total. The van der Waals surface area contributed by atoms with Crippen LogP contribution in [0.15, 0.2) is 59.5 Å². The Balaban J connectivity index is 1.64. The van der Waals surface area contributed by atoms with E-state index in [9.17, 15) is 27.2 Å². The number of aromatic nitrogens is 4. The van der Waals surface area contributed by atoms with Crippen LogP contribution in [0, 0.1) is 5.82 Å². The van der Waals surface area contributed by atoms with Crippen LogP contribution in [0.3, 0.4) is 0 Å². The average Bonchev–Trinajstić information content (AvgIpc) is 3.09. The van der Waals surface area contributed by atoms with Gasteiger partial charge in [-0.1, -0.05) is 6.07 Å². The van der Waals surface area contributed by atoms with Crippen LogP contribution in [0.5, 0.6) is 0 Å². The van der Waals surface area contributed by atoms with Crippen LogP contribution >= 0.6 is 0 Å². The number of rotatable bonds is 3. The van der Waals surface area contributed by atoms with E-state index in [1.807, 2.05) is 0 Å². The Morgan fingerprint density at radius 3 is 2.63 bits per heavy atom. The van der Waals surface area contributed by atoms with Crippen molar-refractivity contribution in [1.82, 2.24) is 19.7 Å². The largest absolute Gasteiger partial charge is 0.416 e. The number of alkyl halides is 3. The van der Waals surface area contributed by atoms with E-state index >= 15 is 0 Å². The lowest BCUT2D eigenvalue weighted by Gasteiger charge is -2.07. The Morgan fingerprint density at radius 2 is 1.90 bits per heavy atom. The molecule has 0 aliphatic rings. The molecular weight excluding hydrogens is 406 g/mol. The molecule has 2 aromatic carbocycles. The van der Waals surface area contributed by atoms with Gasteiger partial charge < -0.3 is 4.98 Å². The normalized spacial score (nSPS) is 11.6. The zero-order chi connectivity index (χ0) is 21.5. The fraction of sp³-hybridized carbons (Fsp3) is 0.0526. The Kier molecular flexibility index (Phi) is 4.57. The van der Waals surface area contributed by atoms with Gasteiger partial charge in [0.2, 0.25) is 11.4 Å². The van der Waals surface area contributed by atoms with E-state index in [4.69, 9.17) is 0 Å². The first-order valence-electron chi connectivity index (χ1n) is 8.45. The molecule has 11 heteroatoms. The number of nitrogens with zero attached hydrogens (tertiary/aromatic N) is 3. The minimum atomic E-state index is -4.53. The summed E-state index contributed by atoms with van der Waals surface area (Å²) >= 11 is 0. The van der Waals surface area contributed by atoms with Crippen molar-refractivity contribution >= 4 is 22.9 Å². The van der Waals surface area contributed by atoms with Gasteiger partial charge in [-0.3, -0.25) is 14.9 Å². The maximum atomic E-state index is 13.4. The highest BCUT2D eigenvalue weighted by Gasteiger charge is 2.30. The van der Waals surface area contributed by atoms with Gasteiger partial charge in [0, 0.05) is 12.3 Å². The monoisotopic (exact) mass is 417 g/mol. The number of hydrogen-bond acceptors (Lipinski definition) is 4. The summed E-state index contributed by atoms with van der Waals surface area (Å²) in [6.45, 7) is 0. The van der Waals surface area contributed by atoms with E-state index < -0.39 is 34.6 Å². The number of benzene rings is 2. The van der Waals surface area contributed by atoms with Gasteiger partial charge in [-0.05, 0) is 36.4 Å². The molecule has 4 rings (SSSR count). The second-order valence-electron chi connectivity index (χ2n) is 6.22. The lowest BCUT2D eigenvalue weighted by molar-refractivity contribution is -0.137. The fourth-order valence-corrected chi connectivity index (χ4v) is 2.74. The lowest BCUT2D eigenvalue weighted by Crippen LogP contribution is -2.25. The van der Waals surface area contributed by atoms with Crippen LogP contribution in [0.4, 0.5) is 23.5 Å². The van der Waals surface area contributed by atoms with Crippen molar-refractivity contribution in [3.8, 4) is 5.69 Å². The van der Waals surface area contributed by atoms with E-state index in [-0.39, 0.29) is 22.7 Å². The molecule has 2 heterocycles. The number of fused-ring (bicyclic) bond motifs is 1. The van der Waals surface area contributed by atoms with Gasteiger partial charge in [-0.15, -0.1) is 0 Å². The number of hydrogen-bond donors (Lipinski definition) is 2. The Hall–Kier alpha value is -4.02. The van der Waals surface area contributed by atoms with Crippen molar-refractivity contribution in [2.24, 2.45) is 0 Å². The molecule has 0 atom stereocenters. The highest BCUT2D eigenvalue weighted by Crippen LogP contribution is 2.31. The second-order valence-corrected chi connectivity index (χ2v) is 6.22. The Labute approximate surface area is 165 Å². The third kappa shape index (κ3) is 3.77. The lowest BCUT2D eigenvalue weighted by atomic mass is 10.2. The topological polar surface area (TPSA) is 92.7 Å². The summed E-state index contributed by atoms with van der Waals surface area (Å²) in [4.78, 5) is 31.1. The molecule has 0 fully saturated rings. The van der Waals surface area contributed by atoms with Crippen molar-refractivity contribution in [2.45, 2.75) is 6.18 Å². The van der Waals surface area contributed by atoms with Crippen LogP contribution in [0.25, 0.3) is 16.7 Å². The van der Waals surface area contributed by atoms with Crippen molar-refractivity contribution in [3.63, 3.8) is 0 Å². The standard InChI is InChI=1S/C19H11F4N5O2/c20-11-2-1-3-12(9-11)28-7-6-15(29)16(27-28)17(30)26-18-24-13-5-4-10(19(21,22)23)8-14(13)25-18/h1-9H,(H2,24,25,26,30). The highest BCUT2D eigenvalue weighted by atomic mass is 19.4. The van der Waals surface area contributed by atoms with E-state index in [1.54, 1.807) is 0 Å². The van der Waals surface area contributed by atoms with Crippen molar-refractivity contribution < 1.29 is 22.4 Å². The first-order chi connectivity index (χ1) is 14.2. The number of nitrogens with one attached hydrogen (secondary N) is 2. The number of H-pyrrole nitrogens is 1. The van der Waals surface area contributed by atoms with Gasteiger partial charge in [0.15, 0.2) is 5.69 Å². The van der Waals surface area contributed by atoms with Gasteiger partial charge in [-0.25, -0.2) is 14.1 Å². The van der Waals surface area contributed by atoms with Crippen LogP contribution in [-0.2, 0) is 6.18 Å². The smallest absolute Gasteiger partial charge is 0.324 e. The predicted molar refractivity (Wildman–Crippen MR) is 98.8 cm³/mol. The molecule has 0 aliphatic carbocycles. The molecule has 4 aromatic rings. The van der Waals surface area contributed by atoms with E-state index in [2.05, 4.69) is 20.4 Å². The maximum Gasteiger partial charge on any atom is 0.416 e. The van der Waals surface area contributed by atoms with Crippen LogP contribution in [0.1, 0.15) is 16.1 Å². The minimum Gasteiger partial charge on any atom is -0.324 e. The summed E-state index contributed by atoms with van der Waals surface area (Å²) < 4.78 is 53.0. The summed E-state index contributed by atoms with van der Waals surface area (Å²) in [6.07, 6.45) is -3.26. The predicted octanol–water partition coefficient (Wildman–Crippen LogP) is 3.52. The molecule has 0 saturated carbocycles. The molecule has 0 bridgehead atoms. The molecule has 152 valence electrons. The molecule has 0 saturated heterocycles. The number of carbonyl (C=O) groups is 1. The highest BCUT2D eigenvalue weighted by molar-refractivity contribution is 6.02. The summed E-state index contributed by atoms with van der Waals surface area (Å²) in [7, 11) is 0. The summed E-state index contributed by atoms with van der Waals surface area (Å²) in [6, 6.07) is 9.32. The number of halogens is 4. The van der Waals surface area contributed by atoms with Crippen LogP contribution in [-0.4, -0.2) is 25.7 Å². The third-order valence-electron chi connectivity index (χ3n) is 4.14. The molecule has 0 unspecified atom stereocenters. The van der Waals surface area contributed by atoms with Gasteiger partial charge >= 0.3 is 6.18 Å². The van der Waals surface area contributed by atoms with Crippen molar-refractivity contribution in [2.75, 3.05) is 5.32 Å². The van der Waals surface area contributed by atoms with Gasteiger partial charge in [0.05, 0.1) is 22.3 Å². The maximum absolute atomic E-state index is 13.4. The quantitative estimate of drug-likeness (QED) is 0.499. The zero-order valence-corrected chi connectivity index (χ0v) is 14.9. The van der Waals surface area contributed by atoms with Crippen molar-refractivity contribution in [3.05, 3.63) is 82.0 Å². The van der Waals surface area contributed by atoms with Gasteiger partial charge in [0.25, 0.3) is 5.91 Å². The van der Waals surface area contributed by atoms with Crippen LogP contribution in [0.2, 0.25) is 0 Å². The van der Waals surface area contributed by atoms with E-state index in [1.165, 1.54) is 24.4 Å². The molecule has 30 heavy (non-hydrogen) atoms. The fourth-order valence-electron chi connectivity index (χ4n) is 2.74. The summed E-state index contributed by atoms with van der Waals surface area (Å²) in [5.41, 5.74) is -1.55. The molecule has 1 amide bonds. The SMILES string of the molecule is O=C(Nc1nc2ccc(C(F)(F)F)cc2[nH]1)c1nn(-c2cccc(F)c2)ccc1=O. The van der Waals surface area contributed by atoms with Crippen LogP contribution < -0.4 is 10.7 Å². The number of anilines is 1. The zero-order valence-electron chi connectivity index (χ0n) is 14.9. The Morgan fingerprint density at radius 1 is 1.10 bits per heavy atom. The molecule has 2 aromatic heterocycles. The number of amides is 1. The third-order valence-corrected chi connectivity index (χ3v) is 4.14. The molecule has 2 N–H and O–H groups in total. The average molecular weight is 417 g/mol. The minimum absolute atomic E-state index is 0.0540. The second kappa shape index (κ2) is 7.10. The molecule has 0 radical (unpaired) electrons. The number of carbonyl (C=O) groups excluding carboxylic acids is 1. The number of aromatic amines is 1. The van der Waals surface area contributed by atoms with E-state index in [0.717, 1.165) is 35.0 Å². The molecule has 0 aliphatic heterocycles. The molecular formula is C19H11F4N5O2. The van der Waals surface area contributed by atoms with Gasteiger partial charge in [-0.2, -0.15) is 18.3 Å². The molecule has 0 spiro atoms. The summed E-state index contributed by atoms with van der Waals surface area (Å²) in [5.74, 6) is -1.61. The Bertz CT molecular complexity index is 1330. The first-order valence-corrected chi connectivity index (χ1v) is 8.45. The van der Waals surface area contributed by atoms with Gasteiger partial charge in [0.1, 0.15) is 5.82 Å². The first kappa shape index (κ1) is 19.3. The van der Waals surface area contributed by atoms with Crippen molar-refractivity contribution in [1.29, 1.82) is 0 Å².